The number of ether oxygens (including phenoxy) is 2. The Balaban J connectivity index is 1.53. The first-order valence-electron chi connectivity index (χ1n) is 9.98. The first kappa shape index (κ1) is 23.0. The standard InChI is InChI=1S/C25H25INO4/c1-3-30-24(28)17-27(2)18-25(29)31-23-15-11-20(12-16-23)19-9-13-22(14-10-19)26-21-7-5-4-6-8-21/h4-16H,3,17-18H2,1-2H3/q+1. The van der Waals surface area contributed by atoms with E-state index in [0.717, 1.165) is 11.1 Å². The maximum absolute atomic E-state index is 12.1. The highest BCUT2D eigenvalue weighted by molar-refractivity contribution is 5.76. The Morgan fingerprint density at radius 1 is 0.774 bits per heavy atom. The summed E-state index contributed by atoms with van der Waals surface area (Å²) < 4.78 is 13.0. The third-order valence-corrected chi connectivity index (χ3v) is 7.00. The first-order chi connectivity index (χ1) is 15.0. The average molecular weight is 530 g/mol. The number of benzene rings is 3. The van der Waals surface area contributed by atoms with Crippen LogP contribution in [0.1, 0.15) is 6.92 Å². The number of carbonyl (C=O) groups is 2. The van der Waals surface area contributed by atoms with Gasteiger partial charge < -0.3 is 9.47 Å². The Kier molecular flexibility index (Phi) is 8.61. The lowest BCUT2D eigenvalue weighted by atomic mass is 10.1. The van der Waals surface area contributed by atoms with E-state index in [-0.39, 0.29) is 40.3 Å². The molecule has 0 fully saturated rings. The van der Waals surface area contributed by atoms with Gasteiger partial charge in [-0.2, -0.15) is 0 Å². The third-order valence-electron chi connectivity index (χ3n) is 4.32. The van der Waals surface area contributed by atoms with Gasteiger partial charge in [0.1, 0.15) is 5.75 Å². The lowest BCUT2D eigenvalue weighted by molar-refractivity contribution is -0.597. The molecule has 0 unspecified atom stereocenters. The van der Waals surface area contributed by atoms with Gasteiger partial charge in [-0.05, 0) is 73.6 Å². The predicted molar refractivity (Wildman–Crippen MR) is 115 cm³/mol. The smallest absolute Gasteiger partial charge is 0.357 e. The number of likely N-dealkylation sites (N-methyl/N-ethyl adjacent to an activating group) is 1. The quantitative estimate of drug-likeness (QED) is 0.234. The van der Waals surface area contributed by atoms with Gasteiger partial charge in [-0.15, -0.1) is 0 Å². The van der Waals surface area contributed by atoms with Crippen LogP contribution in [0.4, 0.5) is 0 Å². The van der Waals surface area contributed by atoms with E-state index >= 15 is 0 Å². The summed E-state index contributed by atoms with van der Waals surface area (Å²) in [7, 11) is 1.67. The Labute approximate surface area is 193 Å². The van der Waals surface area contributed by atoms with E-state index in [1.807, 2.05) is 18.2 Å². The number of rotatable bonds is 9. The zero-order chi connectivity index (χ0) is 22.1. The summed E-state index contributed by atoms with van der Waals surface area (Å²) in [5.41, 5.74) is 2.18. The Morgan fingerprint density at radius 3 is 1.94 bits per heavy atom. The molecule has 3 aromatic rings. The predicted octanol–water partition coefficient (Wildman–Crippen LogP) is 0.882. The summed E-state index contributed by atoms with van der Waals surface area (Å²) >= 11 is -0.176. The fourth-order valence-electron chi connectivity index (χ4n) is 2.89. The number of hydrogen-bond acceptors (Lipinski definition) is 5. The number of esters is 2. The van der Waals surface area contributed by atoms with Crippen LogP contribution >= 0.6 is 0 Å². The number of nitrogens with zero attached hydrogens (tertiary/aromatic N) is 1. The molecule has 31 heavy (non-hydrogen) atoms. The number of halogens is 1. The molecule has 0 atom stereocenters. The van der Waals surface area contributed by atoms with Crippen molar-refractivity contribution in [2.75, 3.05) is 26.7 Å². The van der Waals surface area contributed by atoms with Crippen LogP contribution < -0.4 is 25.9 Å². The van der Waals surface area contributed by atoms with E-state index in [2.05, 4.69) is 48.5 Å². The number of carbonyl (C=O) groups excluding carboxylic acids is 2. The molecule has 0 bridgehead atoms. The van der Waals surface area contributed by atoms with Gasteiger partial charge in [0.25, 0.3) is 0 Å². The van der Waals surface area contributed by atoms with Crippen LogP contribution in [0, 0.1) is 7.14 Å². The van der Waals surface area contributed by atoms with Gasteiger partial charge in [0.05, 0.1) is 19.7 Å². The molecule has 0 N–H and O–H groups in total. The molecule has 160 valence electrons. The van der Waals surface area contributed by atoms with E-state index in [0.29, 0.717) is 12.4 Å². The van der Waals surface area contributed by atoms with Crippen molar-refractivity contribution in [3.05, 3.63) is 86.0 Å². The molecule has 3 aromatic carbocycles. The molecule has 0 saturated carbocycles. The lowest BCUT2D eigenvalue weighted by Gasteiger charge is -2.14. The van der Waals surface area contributed by atoms with Gasteiger partial charge in [-0.3, -0.25) is 14.5 Å². The van der Waals surface area contributed by atoms with Crippen LogP contribution in [-0.2, 0) is 14.3 Å². The largest absolute Gasteiger partial charge is 0.465 e. The molecule has 0 aliphatic rings. The molecule has 0 aliphatic carbocycles. The van der Waals surface area contributed by atoms with Crippen molar-refractivity contribution in [2.45, 2.75) is 6.92 Å². The fraction of sp³-hybridized carbons (Fsp3) is 0.200. The molecule has 6 heteroatoms. The van der Waals surface area contributed by atoms with Crippen molar-refractivity contribution in [3.63, 3.8) is 0 Å². The van der Waals surface area contributed by atoms with Crippen molar-refractivity contribution in [2.24, 2.45) is 0 Å². The normalized spacial score (nSPS) is 10.7. The maximum atomic E-state index is 12.1. The topological polar surface area (TPSA) is 55.8 Å². The second kappa shape index (κ2) is 11.6. The minimum Gasteiger partial charge on any atom is -0.465 e. The number of hydrogen-bond donors (Lipinski definition) is 0. The second-order valence-corrected chi connectivity index (χ2v) is 9.90. The second-order valence-electron chi connectivity index (χ2n) is 6.87. The van der Waals surface area contributed by atoms with Gasteiger partial charge >= 0.3 is 33.1 Å². The molecule has 3 rings (SSSR count). The lowest BCUT2D eigenvalue weighted by Crippen LogP contribution is -3.61. The first-order valence-corrected chi connectivity index (χ1v) is 12.1. The molecular weight excluding hydrogens is 505 g/mol. The van der Waals surface area contributed by atoms with Crippen molar-refractivity contribution in [1.82, 2.24) is 4.90 Å². The summed E-state index contributed by atoms with van der Waals surface area (Å²) in [6.45, 7) is 2.12. The molecule has 5 nitrogen and oxygen atoms in total. The summed E-state index contributed by atoms with van der Waals surface area (Å²) in [6.07, 6.45) is 0. The highest BCUT2D eigenvalue weighted by Crippen LogP contribution is 2.22. The van der Waals surface area contributed by atoms with Crippen LogP contribution in [0.2, 0.25) is 0 Å². The maximum Gasteiger partial charge on any atom is 0.357 e. The third kappa shape index (κ3) is 7.48. The van der Waals surface area contributed by atoms with Crippen molar-refractivity contribution < 1.29 is 40.3 Å². The molecule has 0 aromatic heterocycles. The van der Waals surface area contributed by atoms with Crippen molar-refractivity contribution in [1.29, 1.82) is 0 Å². The molecular formula is C25H25INO4+. The minimum atomic E-state index is -0.422. The van der Waals surface area contributed by atoms with Crippen LogP contribution in [0.5, 0.6) is 5.75 Å². The van der Waals surface area contributed by atoms with Crippen LogP contribution in [0.3, 0.4) is 0 Å². The zero-order valence-electron chi connectivity index (χ0n) is 17.6. The SMILES string of the molecule is CCOC(=O)CN(C)CC(=O)Oc1ccc(-c2ccc([I+]c3ccccc3)cc2)cc1. The van der Waals surface area contributed by atoms with Crippen molar-refractivity contribution >= 4 is 11.9 Å². The van der Waals surface area contributed by atoms with Crippen LogP contribution in [0.15, 0.2) is 78.9 Å². The summed E-state index contributed by atoms with van der Waals surface area (Å²) in [5, 5.41) is 0. The molecule has 0 aliphatic heterocycles. The Morgan fingerprint density at radius 2 is 1.32 bits per heavy atom. The van der Waals surface area contributed by atoms with Crippen molar-refractivity contribution in [3.8, 4) is 16.9 Å². The highest BCUT2D eigenvalue weighted by Gasteiger charge is 2.15. The molecule has 0 saturated heterocycles. The van der Waals surface area contributed by atoms with E-state index in [4.69, 9.17) is 9.47 Å². The van der Waals surface area contributed by atoms with Gasteiger partial charge in [0.2, 0.25) is 0 Å². The van der Waals surface area contributed by atoms with E-state index in [1.165, 1.54) is 7.14 Å². The highest BCUT2D eigenvalue weighted by atomic mass is 127. The molecule has 0 radical (unpaired) electrons. The Hall–Kier alpha value is -2.71. The van der Waals surface area contributed by atoms with E-state index in [1.54, 1.807) is 31.0 Å². The van der Waals surface area contributed by atoms with E-state index in [9.17, 15) is 9.59 Å². The molecule has 0 spiro atoms. The van der Waals surface area contributed by atoms with Gasteiger partial charge in [0, 0.05) is 0 Å². The molecule has 0 heterocycles. The Bertz CT molecular complexity index is 988. The summed E-state index contributed by atoms with van der Waals surface area (Å²) in [4.78, 5) is 25.1. The summed E-state index contributed by atoms with van der Waals surface area (Å²) in [5.74, 6) is -0.308. The van der Waals surface area contributed by atoms with Gasteiger partial charge in [-0.25, -0.2) is 0 Å². The molecule has 0 amide bonds. The van der Waals surface area contributed by atoms with E-state index < -0.39 is 5.97 Å². The van der Waals surface area contributed by atoms with Gasteiger partial charge in [-0.1, -0.05) is 30.3 Å². The average Bonchev–Trinajstić information content (AvgIpc) is 2.75. The zero-order valence-corrected chi connectivity index (χ0v) is 19.7. The minimum absolute atomic E-state index is 0.00647. The fourth-order valence-corrected chi connectivity index (χ4v) is 5.10. The van der Waals surface area contributed by atoms with Crippen LogP contribution in [-0.4, -0.2) is 43.6 Å². The monoisotopic (exact) mass is 530 g/mol. The summed E-state index contributed by atoms with van der Waals surface area (Å²) in [6, 6.07) is 26.6. The van der Waals surface area contributed by atoms with Gasteiger partial charge in [0.15, 0.2) is 7.14 Å². The van der Waals surface area contributed by atoms with Crippen LogP contribution in [0.25, 0.3) is 11.1 Å².